The maximum atomic E-state index is 13.8. The Morgan fingerprint density at radius 3 is 2.20 bits per heavy atom. The second-order valence-corrected chi connectivity index (χ2v) is 11.8. The summed E-state index contributed by atoms with van der Waals surface area (Å²) in [6.07, 6.45) is -1.34. The average molecular weight is 609 g/mol. The van der Waals surface area contributed by atoms with Gasteiger partial charge in [-0.2, -0.15) is 18.3 Å². The van der Waals surface area contributed by atoms with E-state index in [1.165, 1.54) is 28.9 Å². The van der Waals surface area contributed by atoms with Crippen molar-refractivity contribution in [3.05, 3.63) is 95.4 Å². The number of hydrogen-bond acceptors (Lipinski definition) is 5. The van der Waals surface area contributed by atoms with Crippen LogP contribution in [0.5, 0.6) is 0 Å². The van der Waals surface area contributed by atoms with Crippen molar-refractivity contribution >= 4 is 17.5 Å². The molecule has 0 bridgehead atoms. The van der Waals surface area contributed by atoms with E-state index in [0.717, 1.165) is 19.1 Å². The number of anilines is 1. The van der Waals surface area contributed by atoms with E-state index in [2.05, 4.69) is 15.4 Å². The molecule has 3 aliphatic heterocycles. The molecule has 0 saturated carbocycles. The van der Waals surface area contributed by atoms with E-state index in [1.807, 2.05) is 4.90 Å². The molecule has 4 aromatic rings. The molecule has 1 spiro atoms. The Balaban J connectivity index is 1.06. The van der Waals surface area contributed by atoms with Crippen molar-refractivity contribution in [2.75, 3.05) is 31.5 Å². The molecule has 0 radical (unpaired) electrons. The molecule has 1 N–H and O–H groups in total. The number of rotatable bonds is 5. The molecule has 1 atom stereocenters. The second kappa shape index (κ2) is 9.68. The number of alkyl halides is 5. The van der Waals surface area contributed by atoms with Crippen LogP contribution in [0, 0.1) is 5.41 Å². The lowest BCUT2D eigenvalue weighted by molar-refractivity contribution is -0.139. The van der Waals surface area contributed by atoms with Gasteiger partial charge in [0.2, 0.25) is 5.91 Å². The first-order chi connectivity index (χ1) is 20.8. The van der Waals surface area contributed by atoms with E-state index in [1.54, 1.807) is 41.6 Å². The molecule has 0 aliphatic carbocycles. The lowest BCUT2D eigenvalue weighted by atomic mass is 9.71. The fourth-order valence-corrected chi connectivity index (χ4v) is 6.35. The fraction of sp³-hybridized carbons (Fsp3) is 0.290. The lowest BCUT2D eigenvalue weighted by Gasteiger charge is -2.61. The number of amides is 2. The summed E-state index contributed by atoms with van der Waals surface area (Å²) in [6, 6.07) is 13.3. The molecular weight excluding hydrogens is 583 g/mol. The number of fused-ring (bicyclic) bond motifs is 1. The summed E-state index contributed by atoms with van der Waals surface area (Å²) >= 11 is 0. The standard InChI is InChI=1S/C31H25F5N6O2/c1-29(32,33)20-4-7-22-23(12-20)38-27(43)26(22)40-14-30(15-40)16-41(17-30)28(44)24-13-25(18-8-10-37-11-9-18)42(39-24)21-5-2-19(3-6-21)31(34,35)36/h2-13,26H,14-17H2,1H3,(H,38,43). The molecule has 13 heteroatoms. The number of likely N-dealkylation sites (tertiary alicyclic amines) is 2. The van der Waals surface area contributed by atoms with Crippen molar-refractivity contribution in [3.8, 4) is 16.9 Å². The minimum absolute atomic E-state index is 0.148. The summed E-state index contributed by atoms with van der Waals surface area (Å²) < 4.78 is 68.4. The van der Waals surface area contributed by atoms with Gasteiger partial charge in [0.05, 0.1) is 16.9 Å². The minimum Gasteiger partial charge on any atom is -0.336 e. The van der Waals surface area contributed by atoms with Crippen LogP contribution < -0.4 is 5.32 Å². The van der Waals surface area contributed by atoms with Crippen LogP contribution in [0.3, 0.4) is 0 Å². The van der Waals surface area contributed by atoms with Gasteiger partial charge in [-0.25, -0.2) is 13.5 Å². The SMILES string of the molecule is CC(F)(F)c1ccc2c(c1)NC(=O)C2N1CC2(CN(C(=O)c3cc(-c4ccncc4)n(-c4ccc(C(F)(F)F)cc4)n3)C2)C1. The molecule has 2 amide bonds. The van der Waals surface area contributed by atoms with Crippen LogP contribution >= 0.6 is 0 Å². The predicted octanol–water partition coefficient (Wildman–Crippen LogP) is 5.52. The maximum absolute atomic E-state index is 13.8. The van der Waals surface area contributed by atoms with Crippen LogP contribution in [0.1, 0.15) is 40.1 Å². The van der Waals surface area contributed by atoms with E-state index < -0.39 is 23.7 Å². The van der Waals surface area contributed by atoms with Crippen LogP contribution in [0.2, 0.25) is 0 Å². The number of nitrogens with zero attached hydrogens (tertiary/aromatic N) is 5. The number of benzene rings is 2. The summed E-state index contributed by atoms with van der Waals surface area (Å²) in [5.41, 5.74) is 1.61. The van der Waals surface area contributed by atoms with Gasteiger partial charge in [0.1, 0.15) is 6.04 Å². The molecule has 44 heavy (non-hydrogen) atoms. The lowest BCUT2D eigenvalue weighted by Crippen LogP contribution is -2.73. The molecule has 226 valence electrons. The first-order valence-corrected chi connectivity index (χ1v) is 13.9. The Kier molecular flexibility index (Phi) is 6.19. The number of pyridine rings is 1. The van der Waals surface area contributed by atoms with Gasteiger partial charge in [-0.1, -0.05) is 12.1 Å². The summed E-state index contributed by atoms with van der Waals surface area (Å²) in [5, 5.41) is 7.20. The van der Waals surface area contributed by atoms with E-state index in [4.69, 9.17) is 0 Å². The number of nitrogens with one attached hydrogen (secondary N) is 1. The number of aromatic nitrogens is 3. The van der Waals surface area contributed by atoms with Gasteiger partial charge in [-0.05, 0) is 48.5 Å². The normalized spacial score (nSPS) is 19.4. The predicted molar refractivity (Wildman–Crippen MR) is 149 cm³/mol. The number of carbonyl (C=O) groups excluding carboxylic acids is 2. The molecule has 2 fully saturated rings. The first-order valence-electron chi connectivity index (χ1n) is 13.9. The molecule has 8 nitrogen and oxygen atoms in total. The highest BCUT2D eigenvalue weighted by Crippen LogP contribution is 2.47. The zero-order valence-electron chi connectivity index (χ0n) is 23.3. The Labute approximate surface area is 248 Å². The Hall–Kier alpha value is -4.65. The van der Waals surface area contributed by atoms with E-state index in [0.29, 0.717) is 54.4 Å². The Morgan fingerprint density at radius 1 is 0.909 bits per heavy atom. The number of carbonyl (C=O) groups is 2. The van der Waals surface area contributed by atoms with Gasteiger partial charge in [0.15, 0.2) is 5.69 Å². The molecule has 7 rings (SSSR count). The average Bonchev–Trinajstić information content (AvgIpc) is 3.52. The largest absolute Gasteiger partial charge is 0.416 e. The van der Waals surface area contributed by atoms with Crippen LogP contribution in [0.4, 0.5) is 27.6 Å². The highest BCUT2D eigenvalue weighted by molar-refractivity contribution is 6.02. The molecule has 1 unspecified atom stereocenters. The molecule has 2 aromatic carbocycles. The fourth-order valence-electron chi connectivity index (χ4n) is 6.35. The zero-order valence-corrected chi connectivity index (χ0v) is 23.3. The smallest absolute Gasteiger partial charge is 0.336 e. The summed E-state index contributed by atoms with van der Waals surface area (Å²) in [5.74, 6) is -3.60. The third-order valence-electron chi connectivity index (χ3n) is 8.49. The van der Waals surface area contributed by atoms with Crippen molar-refractivity contribution in [2.45, 2.75) is 25.1 Å². The van der Waals surface area contributed by atoms with Gasteiger partial charge >= 0.3 is 6.18 Å². The number of halogens is 5. The third-order valence-corrected chi connectivity index (χ3v) is 8.49. The molecule has 5 heterocycles. The highest BCUT2D eigenvalue weighted by atomic mass is 19.4. The second-order valence-electron chi connectivity index (χ2n) is 11.8. The van der Waals surface area contributed by atoms with Crippen molar-refractivity contribution < 1.29 is 31.5 Å². The third kappa shape index (κ3) is 4.71. The van der Waals surface area contributed by atoms with Crippen molar-refractivity contribution in [2.24, 2.45) is 5.41 Å². The monoisotopic (exact) mass is 608 g/mol. The van der Waals surface area contributed by atoms with Crippen LogP contribution in [-0.2, 0) is 16.9 Å². The van der Waals surface area contributed by atoms with Crippen LogP contribution in [0.15, 0.2) is 73.1 Å². The van der Waals surface area contributed by atoms with Crippen LogP contribution in [-0.4, -0.2) is 62.6 Å². The van der Waals surface area contributed by atoms with E-state index in [9.17, 15) is 31.5 Å². The molecule has 2 saturated heterocycles. The minimum atomic E-state index is -4.48. The summed E-state index contributed by atoms with van der Waals surface area (Å²) in [6.45, 7) is 2.82. The van der Waals surface area contributed by atoms with Gasteiger partial charge < -0.3 is 10.2 Å². The summed E-state index contributed by atoms with van der Waals surface area (Å²) in [4.78, 5) is 33.9. The van der Waals surface area contributed by atoms with Gasteiger partial charge in [-0.15, -0.1) is 0 Å². The summed E-state index contributed by atoms with van der Waals surface area (Å²) in [7, 11) is 0. The Morgan fingerprint density at radius 2 is 1.57 bits per heavy atom. The quantitative estimate of drug-likeness (QED) is 0.302. The topological polar surface area (TPSA) is 83.4 Å². The van der Waals surface area contributed by atoms with E-state index in [-0.39, 0.29) is 28.5 Å². The van der Waals surface area contributed by atoms with Gasteiger partial charge in [0, 0.05) is 73.3 Å². The molecule has 2 aromatic heterocycles. The first kappa shape index (κ1) is 28.1. The van der Waals surface area contributed by atoms with Gasteiger partial charge in [-0.3, -0.25) is 19.5 Å². The molecule has 3 aliphatic rings. The zero-order chi connectivity index (χ0) is 31.0. The van der Waals surface area contributed by atoms with Crippen LogP contribution in [0.25, 0.3) is 16.9 Å². The van der Waals surface area contributed by atoms with Gasteiger partial charge in [0.25, 0.3) is 11.8 Å². The molecular formula is C31H25F5N6O2. The Bertz CT molecular complexity index is 1770. The number of hydrogen-bond donors (Lipinski definition) is 1. The van der Waals surface area contributed by atoms with Crippen molar-refractivity contribution in [1.82, 2.24) is 24.6 Å². The maximum Gasteiger partial charge on any atom is 0.416 e. The van der Waals surface area contributed by atoms with E-state index >= 15 is 0 Å². The highest BCUT2D eigenvalue weighted by Gasteiger charge is 2.56. The van der Waals surface area contributed by atoms with Crippen molar-refractivity contribution in [3.63, 3.8) is 0 Å². The van der Waals surface area contributed by atoms with Crippen molar-refractivity contribution in [1.29, 1.82) is 0 Å².